The molecule has 1 N–H and O–H groups in total. The summed E-state index contributed by atoms with van der Waals surface area (Å²) in [7, 11) is 1.92. The molecule has 1 aromatic heterocycles. The van der Waals surface area contributed by atoms with Gasteiger partial charge in [-0.05, 0) is 25.2 Å². The number of nitrogens with zero attached hydrogens (tertiary/aromatic N) is 3. The van der Waals surface area contributed by atoms with Crippen molar-refractivity contribution in [2.24, 2.45) is 18.9 Å². The summed E-state index contributed by atoms with van der Waals surface area (Å²) in [5, 5.41) is 2.74. The number of urea groups is 1. The van der Waals surface area contributed by atoms with E-state index in [2.05, 4.69) is 10.3 Å². The highest BCUT2D eigenvalue weighted by Gasteiger charge is 2.45. The van der Waals surface area contributed by atoms with Gasteiger partial charge in [0.2, 0.25) is 0 Å². The van der Waals surface area contributed by atoms with Gasteiger partial charge in [-0.3, -0.25) is 0 Å². The lowest BCUT2D eigenvalue weighted by Crippen LogP contribution is -2.44. The number of carbonyl (C=O) groups excluding carboxylic acids is 1. The summed E-state index contributed by atoms with van der Waals surface area (Å²) in [5.74, 6) is -0.672. The molecule has 0 aromatic carbocycles. The first-order valence-corrected chi connectivity index (χ1v) is 8.93. The minimum atomic E-state index is -4.17. The van der Waals surface area contributed by atoms with Crippen LogP contribution in [0.1, 0.15) is 43.8 Å². The van der Waals surface area contributed by atoms with E-state index in [4.69, 9.17) is 0 Å². The zero-order valence-electron chi connectivity index (χ0n) is 14.4. The van der Waals surface area contributed by atoms with Crippen LogP contribution in [-0.4, -0.2) is 46.3 Å². The molecule has 0 spiro atoms. The average molecular weight is 358 g/mol. The number of aromatic nitrogens is 2. The molecular weight excluding hydrogens is 333 g/mol. The van der Waals surface area contributed by atoms with Gasteiger partial charge in [0.25, 0.3) is 0 Å². The van der Waals surface area contributed by atoms with Crippen LogP contribution in [0.15, 0.2) is 12.4 Å². The minimum absolute atomic E-state index is 0.104. The van der Waals surface area contributed by atoms with Gasteiger partial charge < -0.3 is 14.8 Å². The molecule has 2 amide bonds. The molecular formula is C17H25F3N4O. The van der Waals surface area contributed by atoms with Gasteiger partial charge in [0.15, 0.2) is 0 Å². The number of likely N-dealkylation sites (tertiary alicyclic amines) is 1. The van der Waals surface area contributed by atoms with E-state index in [1.807, 2.05) is 17.8 Å². The lowest BCUT2D eigenvalue weighted by molar-refractivity contribution is -0.195. The first kappa shape index (κ1) is 18.1. The van der Waals surface area contributed by atoms with Gasteiger partial charge in [-0.15, -0.1) is 0 Å². The number of imidazole rings is 1. The molecule has 2 aliphatic rings. The molecule has 5 nitrogen and oxygen atoms in total. The molecule has 3 rings (SSSR count). The zero-order valence-corrected chi connectivity index (χ0v) is 14.4. The molecule has 25 heavy (non-hydrogen) atoms. The highest BCUT2D eigenvalue weighted by Crippen LogP contribution is 2.41. The van der Waals surface area contributed by atoms with Crippen LogP contribution in [0.25, 0.3) is 0 Å². The molecule has 1 aliphatic heterocycles. The second kappa shape index (κ2) is 7.25. The number of alkyl halides is 3. The van der Waals surface area contributed by atoms with Gasteiger partial charge >= 0.3 is 12.2 Å². The Morgan fingerprint density at radius 3 is 2.76 bits per heavy atom. The topological polar surface area (TPSA) is 50.2 Å². The van der Waals surface area contributed by atoms with E-state index in [-0.39, 0.29) is 24.9 Å². The lowest BCUT2D eigenvalue weighted by Gasteiger charge is -2.33. The third-order valence-electron chi connectivity index (χ3n) is 5.54. The molecule has 0 bridgehead atoms. The molecule has 1 unspecified atom stereocenters. The molecule has 1 aliphatic carbocycles. The molecule has 1 aromatic rings. The lowest BCUT2D eigenvalue weighted by atomic mass is 9.79. The Balaban J connectivity index is 1.52. The maximum atomic E-state index is 13.1. The summed E-state index contributed by atoms with van der Waals surface area (Å²) < 4.78 is 41.3. The number of rotatable bonds is 3. The van der Waals surface area contributed by atoms with E-state index < -0.39 is 18.0 Å². The molecule has 2 heterocycles. The van der Waals surface area contributed by atoms with Gasteiger partial charge in [-0.1, -0.05) is 12.8 Å². The van der Waals surface area contributed by atoms with Crippen LogP contribution in [0, 0.1) is 11.8 Å². The normalized spacial score (nSPS) is 27.5. The first-order valence-electron chi connectivity index (χ1n) is 8.93. The number of hydrogen-bond donors (Lipinski definition) is 1. The van der Waals surface area contributed by atoms with Gasteiger partial charge in [-0.25, -0.2) is 9.78 Å². The summed E-state index contributed by atoms with van der Waals surface area (Å²) in [6.45, 7) is 1.27. The number of carbonyl (C=O) groups is 1. The zero-order chi connectivity index (χ0) is 18.0. The largest absolute Gasteiger partial charge is 0.392 e. The van der Waals surface area contributed by atoms with Gasteiger partial charge in [-0.2, -0.15) is 13.2 Å². The van der Waals surface area contributed by atoms with E-state index in [1.165, 1.54) is 0 Å². The standard InChI is InChI=1S/C17H25F3N4O/c1-23-9-7-21-15(23)13-6-8-24(11-13)16(25)22-10-12-4-2-3-5-14(12)17(18,19)20/h7,9,12-14H,2-6,8,10-11H2,1H3,(H,22,25)/t12-,13?,14-/m1/s1. The van der Waals surface area contributed by atoms with Crippen molar-refractivity contribution in [2.45, 2.75) is 44.2 Å². The number of nitrogens with one attached hydrogen (secondary N) is 1. The Bertz CT molecular complexity index is 601. The predicted octanol–water partition coefficient (Wildman–Crippen LogP) is 3.29. The highest BCUT2D eigenvalue weighted by molar-refractivity contribution is 5.74. The highest BCUT2D eigenvalue weighted by atomic mass is 19.4. The molecule has 2 fully saturated rings. The van der Waals surface area contributed by atoms with Gasteiger partial charge in [0.1, 0.15) is 5.82 Å². The van der Waals surface area contributed by atoms with Crippen LogP contribution in [0.5, 0.6) is 0 Å². The molecule has 1 saturated heterocycles. The van der Waals surface area contributed by atoms with Crippen molar-refractivity contribution in [3.63, 3.8) is 0 Å². The molecule has 0 radical (unpaired) electrons. The summed E-state index contributed by atoms with van der Waals surface area (Å²) in [4.78, 5) is 18.4. The monoisotopic (exact) mass is 358 g/mol. The predicted molar refractivity (Wildman–Crippen MR) is 87.0 cm³/mol. The Kier molecular flexibility index (Phi) is 5.24. The maximum Gasteiger partial charge on any atom is 0.392 e. The van der Waals surface area contributed by atoms with Crippen molar-refractivity contribution >= 4 is 6.03 Å². The quantitative estimate of drug-likeness (QED) is 0.901. The van der Waals surface area contributed by atoms with Crippen LogP contribution < -0.4 is 5.32 Å². The van der Waals surface area contributed by atoms with E-state index in [9.17, 15) is 18.0 Å². The van der Waals surface area contributed by atoms with E-state index in [1.54, 1.807) is 11.1 Å². The molecule has 8 heteroatoms. The van der Waals surface area contributed by atoms with Gasteiger partial charge in [0.05, 0.1) is 5.92 Å². The first-order chi connectivity index (χ1) is 11.9. The summed E-state index contributed by atoms with van der Waals surface area (Å²) in [5.41, 5.74) is 0. The van der Waals surface area contributed by atoms with Crippen molar-refractivity contribution < 1.29 is 18.0 Å². The van der Waals surface area contributed by atoms with E-state index >= 15 is 0 Å². The second-order valence-corrected chi connectivity index (χ2v) is 7.21. The maximum absolute atomic E-state index is 13.1. The van der Waals surface area contributed by atoms with E-state index in [0.29, 0.717) is 25.9 Å². The molecule has 3 atom stereocenters. The van der Waals surface area contributed by atoms with Crippen molar-refractivity contribution in [3.8, 4) is 0 Å². The van der Waals surface area contributed by atoms with Crippen molar-refractivity contribution in [2.75, 3.05) is 19.6 Å². The average Bonchev–Trinajstić information content (AvgIpc) is 3.20. The fraction of sp³-hybridized carbons (Fsp3) is 0.765. The van der Waals surface area contributed by atoms with E-state index in [0.717, 1.165) is 18.7 Å². The third kappa shape index (κ3) is 4.10. The van der Waals surface area contributed by atoms with Crippen LogP contribution in [0.3, 0.4) is 0 Å². The number of amides is 2. The van der Waals surface area contributed by atoms with Gasteiger partial charge in [0, 0.05) is 45.0 Å². The van der Waals surface area contributed by atoms with Crippen molar-refractivity contribution in [1.82, 2.24) is 19.8 Å². The fourth-order valence-corrected chi connectivity index (χ4v) is 4.14. The Morgan fingerprint density at radius 2 is 2.08 bits per heavy atom. The SMILES string of the molecule is Cn1ccnc1C1CCN(C(=O)NC[C@H]2CCCC[C@H]2C(F)(F)F)C1. The Hall–Kier alpha value is -1.73. The summed E-state index contributed by atoms with van der Waals surface area (Å²) >= 11 is 0. The number of halogens is 3. The van der Waals surface area contributed by atoms with Crippen LogP contribution in [0.4, 0.5) is 18.0 Å². The smallest absolute Gasteiger partial charge is 0.338 e. The molecule has 140 valence electrons. The fourth-order valence-electron chi connectivity index (χ4n) is 4.14. The van der Waals surface area contributed by atoms with Crippen LogP contribution in [-0.2, 0) is 7.05 Å². The summed E-state index contributed by atoms with van der Waals surface area (Å²) in [6.07, 6.45) is 2.38. The number of aryl methyl sites for hydroxylation is 1. The second-order valence-electron chi connectivity index (χ2n) is 7.21. The Morgan fingerprint density at radius 1 is 1.32 bits per heavy atom. The Labute approximate surface area is 145 Å². The van der Waals surface area contributed by atoms with Crippen LogP contribution in [0.2, 0.25) is 0 Å². The minimum Gasteiger partial charge on any atom is -0.338 e. The summed E-state index contributed by atoms with van der Waals surface area (Å²) in [6, 6.07) is -0.261. The third-order valence-corrected chi connectivity index (χ3v) is 5.54. The van der Waals surface area contributed by atoms with Crippen molar-refractivity contribution in [3.05, 3.63) is 18.2 Å². The molecule has 1 saturated carbocycles. The van der Waals surface area contributed by atoms with Crippen molar-refractivity contribution in [1.29, 1.82) is 0 Å². The number of hydrogen-bond acceptors (Lipinski definition) is 2. The van der Waals surface area contributed by atoms with Crippen LogP contribution >= 0.6 is 0 Å².